The highest BCUT2D eigenvalue weighted by Gasteiger charge is 2.18. The van der Waals surface area contributed by atoms with Crippen molar-refractivity contribution in [3.05, 3.63) is 50.8 Å². The average Bonchev–Trinajstić information content (AvgIpc) is 2.74. The Morgan fingerprint density at radius 1 is 1.53 bits per heavy atom. The van der Waals surface area contributed by atoms with E-state index in [-0.39, 0.29) is 5.56 Å². The first-order valence-corrected chi connectivity index (χ1v) is 5.97. The van der Waals surface area contributed by atoms with Gasteiger partial charge in [-0.2, -0.15) is 4.39 Å². The number of hydrogen-bond acceptors (Lipinski definition) is 5. The van der Waals surface area contributed by atoms with Crippen LogP contribution in [0, 0.1) is 22.9 Å². The van der Waals surface area contributed by atoms with Crippen LogP contribution in [0.25, 0.3) is 0 Å². The molecule has 0 aliphatic rings. The summed E-state index contributed by atoms with van der Waals surface area (Å²) in [6, 6.07) is 2.96. The Kier molecular flexibility index (Phi) is 3.52. The van der Waals surface area contributed by atoms with Gasteiger partial charge in [-0.25, -0.2) is 4.98 Å². The first-order valence-electron chi connectivity index (χ1n) is 5.15. The second-order valence-electron chi connectivity index (χ2n) is 3.65. The standard InChI is InChI=1S/C11H8FN3O3S/c1-6-5-13-11(19-6)14-10(16)7-2-3-8(12)9(4-7)15(17)18/h2-5H,1H3,(H,13,14,16). The van der Waals surface area contributed by atoms with Gasteiger partial charge >= 0.3 is 5.69 Å². The molecule has 0 fully saturated rings. The van der Waals surface area contributed by atoms with Crippen molar-refractivity contribution in [1.29, 1.82) is 0 Å². The molecule has 1 heterocycles. The maximum Gasteiger partial charge on any atom is 0.305 e. The van der Waals surface area contributed by atoms with E-state index in [0.717, 1.165) is 17.0 Å². The van der Waals surface area contributed by atoms with Crippen molar-refractivity contribution < 1.29 is 14.1 Å². The Balaban J connectivity index is 2.24. The molecule has 0 unspecified atom stereocenters. The summed E-state index contributed by atoms with van der Waals surface area (Å²) in [6.45, 7) is 1.83. The second kappa shape index (κ2) is 5.11. The number of benzene rings is 1. The first-order chi connectivity index (χ1) is 8.97. The van der Waals surface area contributed by atoms with Crippen molar-refractivity contribution in [3.8, 4) is 0 Å². The molecule has 2 rings (SSSR count). The summed E-state index contributed by atoms with van der Waals surface area (Å²) in [6.07, 6.45) is 1.59. The van der Waals surface area contributed by atoms with E-state index < -0.39 is 22.3 Å². The van der Waals surface area contributed by atoms with Crippen molar-refractivity contribution in [3.63, 3.8) is 0 Å². The zero-order valence-electron chi connectivity index (χ0n) is 9.71. The monoisotopic (exact) mass is 281 g/mol. The van der Waals surface area contributed by atoms with Crippen LogP contribution in [0.1, 0.15) is 15.2 Å². The van der Waals surface area contributed by atoms with Crippen molar-refractivity contribution >= 4 is 28.1 Å². The number of halogens is 1. The number of aromatic nitrogens is 1. The normalized spacial score (nSPS) is 10.2. The molecule has 1 aromatic carbocycles. The maximum atomic E-state index is 13.1. The van der Waals surface area contributed by atoms with E-state index in [2.05, 4.69) is 10.3 Å². The largest absolute Gasteiger partial charge is 0.305 e. The molecule has 0 radical (unpaired) electrons. The molecule has 1 N–H and O–H groups in total. The van der Waals surface area contributed by atoms with Crippen LogP contribution >= 0.6 is 11.3 Å². The van der Waals surface area contributed by atoms with Gasteiger partial charge in [0.1, 0.15) is 0 Å². The van der Waals surface area contributed by atoms with Crippen molar-refractivity contribution in [1.82, 2.24) is 4.98 Å². The highest BCUT2D eigenvalue weighted by atomic mass is 32.1. The lowest BCUT2D eigenvalue weighted by atomic mass is 10.2. The lowest BCUT2D eigenvalue weighted by Crippen LogP contribution is -2.12. The molecule has 0 saturated carbocycles. The Morgan fingerprint density at radius 2 is 2.26 bits per heavy atom. The minimum absolute atomic E-state index is 0.000882. The molecule has 0 atom stereocenters. The number of nitro groups is 1. The molecule has 6 nitrogen and oxygen atoms in total. The lowest BCUT2D eigenvalue weighted by molar-refractivity contribution is -0.387. The highest BCUT2D eigenvalue weighted by molar-refractivity contribution is 7.15. The van der Waals surface area contributed by atoms with E-state index in [1.165, 1.54) is 17.4 Å². The van der Waals surface area contributed by atoms with Crippen LogP contribution in [0.4, 0.5) is 15.2 Å². The zero-order chi connectivity index (χ0) is 14.0. The van der Waals surface area contributed by atoms with E-state index in [9.17, 15) is 19.3 Å². The summed E-state index contributed by atoms with van der Waals surface area (Å²) in [5, 5.41) is 13.5. The number of nitrogens with one attached hydrogen (secondary N) is 1. The quantitative estimate of drug-likeness (QED) is 0.692. The van der Waals surface area contributed by atoms with Gasteiger partial charge in [0.2, 0.25) is 5.82 Å². The average molecular weight is 281 g/mol. The van der Waals surface area contributed by atoms with Gasteiger partial charge in [-0.05, 0) is 19.1 Å². The van der Waals surface area contributed by atoms with E-state index >= 15 is 0 Å². The van der Waals surface area contributed by atoms with Gasteiger partial charge in [-0.3, -0.25) is 20.2 Å². The minimum atomic E-state index is -0.980. The predicted octanol–water partition coefficient (Wildman–Crippen LogP) is 2.75. The summed E-state index contributed by atoms with van der Waals surface area (Å²) in [7, 11) is 0. The summed E-state index contributed by atoms with van der Waals surface area (Å²) in [4.78, 5) is 26.4. The van der Waals surface area contributed by atoms with Gasteiger partial charge in [0.15, 0.2) is 5.13 Å². The minimum Gasteiger partial charge on any atom is -0.298 e. The molecule has 98 valence electrons. The van der Waals surface area contributed by atoms with Gasteiger partial charge in [0.05, 0.1) is 4.92 Å². The van der Waals surface area contributed by atoms with E-state index in [0.29, 0.717) is 5.13 Å². The molecule has 19 heavy (non-hydrogen) atoms. The molecule has 2 aromatic rings. The van der Waals surface area contributed by atoms with Crippen LogP contribution in [0.3, 0.4) is 0 Å². The molecule has 0 spiro atoms. The van der Waals surface area contributed by atoms with E-state index in [1.807, 2.05) is 6.92 Å². The number of aryl methyl sites for hydroxylation is 1. The number of carbonyl (C=O) groups is 1. The van der Waals surface area contributed by atoms with Gasteiger partial charge in [0.25, 0.3) is 5.91 Å². The Morgan fingerprint density at radius 3 is 2.84 bits per heavy atom. The molecule has 1 amide bonds. The number of nitrogens with zero attached hydrogens (tertiary/aromatic N) is 2. The van der Waals surface area contributed by atoms with Crippen molar-refractivity contribution in [2.45, 2.75) is 6.92 Å². The molecule has 0 saturated heterocycles. The predicted molar refractivity (Wildman–Crippen MR) is 67.9 cm³/mol. The van der Waals surface area contributed by atoms with E-state index in [1.54, 1.807) is 6.20 Å². The first kappa shape index (κ1) is 13.1. The third-order valence-electron chi connectivity index (χ3n) is 2.25. The number of amides is 1. The van der Waals surface area contributed by atoms with Gasteiger partial charge in [-0.15, -0.1) is 11.3 Å². The second-order valence-corrected chi connectivity index (χ2v) is 4.89. The number of thiazole rings is 1. The van der Waals surface area contributed by atoms with E-state index in [4.69, 9.17) is 0 Å². The Labute approximate surface area is 111 Å². The number of hydrogen-bond donors (Lipinski definition) is 1. The maximum absolute atomic E-state index is 13.1. The molecular formula is C11H8FN3O3S. The van der Waals surface area contributed by atoms with Crippen molar-refractivity contribution in [2.24, 2.45) is 0 Å². The highest BCUT2D eigenvalue weighted by Crippen LogP contribution is 2.21. The van der Waals surface area contributed by atoms with Crippen LogP contribution in [0.2, 0.25) is 0 Å². The third kappa shape index (κ3) is 2.91. The third-order valence-corrected chi connectivity index (χ3v) is 3.07. The summed E-state index contributed by atoms with van der Waals surface area (Å²) in [5.74, 6) is -1.55. The van der Waals surface area contributed by atoms with Crippen LogP contribution in [0.5, 0.6) is 0 Å². The van der Waals surface area contributed by atoms with Gasteiger partial charge < -0.3 is 0 Å². The zero-order valence-corrected chi connectivity index (χ0v) is 10.5. The Bertz CT molecular complexity index is 656. The molecule has 8 heteroatoms. The molecular weight excluding hydrogens is 273 g/mol. The number of anilines is 1. The van der Waals surface area contributed by atoms with Crippen LogP contribution in [0.15, 0.2) is 24.4 Å². The fourth-order valence-corrected chi connectivity index (χ4v) is 2.04. The van der Waals surface area contributed by atoms with Crippen LogP contribution < -0.4 is 5.32 Å². The van der Waals surface area contributed by atoms with Crippen LogP contribution in [-0.4, -0.2) is 15.8 Å². The summed E-state index contributed by atoms with van der Waals surface area (Å²) < 4.78 is 13.1. The molecule has 0 aliphatic heterocycles. The van der Waals surface area contributed by atoms with Gasteiger partial charge in [-0.1, -0.05) is 0 Å². The van der Waals surface area contributed by atoms with Gasteiger partial charge in [0, 0.05) is 22.7 Å². The topological polar surface area (TPSA) is 85.1 Å². The number of carbonyl (C=O) groups excluding carboxylic acids is 1. The summed E-state index contributed by atoms with van der Waals surface area (Å²) in [5.41, 5.74) is -0.732. The smallest absolute Gasteiger partial charge is 0.298 e. The fourth-order valence-electron chi connectivity index (χ4n) is 1.38. The molecule has 1 aromatic heterocycles. The van der Waals surface area contributed by atoms with Crippen LogP contribution in [-0.2, 0) is 0 Å². The number of rotatable bonds is 3. The fraction of sp³-hybridized carbons (Fsp3) is 0.0909. The SMILES string of the molecule is Cc1cnc(NC(=O)c2ccc(F)c([N+](=O)[O-])c2)s1. The Hall–Kier alpha value is -2.35. The molecule has 0 bridgehead atoms. The number of nitro benzene ring substituents is 1. The molecule has 0 aliphatic carbocycles. The lowest BCUT2D eigenvalue weighted by Gasteiger charge is -2.02. The summed E-state index contributed by atoms with van der Waals surface area (Å²) >= 11 is 1.27. The van der Waals surface area contributed by atoms with Crippen molar-refractivity contribution in [2.75, 3.05) is 5.32 Å².